The van der Waals surface area contributed by atoms with Gasteiger partial charge in [0.2, 0.25) is 5.91 Å². The number of para-hydroxylation sites is 1. The Bertz CT molecular complexity index is 510. The number of hydrogen-bond donors (Lipinski definition) is 3. The van der Waals surface area contributed by atoms with Crippen molar-refractivity contribution in [3.05, 3.63) is 30.3 Å². The molecule has 164 valence electrons. The molecule has 1 atom stereocenters. The molecule has 0 aromatic heterocycles. The van der Waals surface area contributed by atoms with Crippen LogP contribution in [0.1, 0.15) is 103 Å². The van der Waals surface area contributed by atoms with Gasteiger partial charge in [0.05, 0.1) is 5.82 Å². The summed E-state index contributed by atoms with van der Waals surface area (Å²) in [6.07, 6.45) is 18.4. The van der Waals surface area contributed by atoms with Crippen LogP contribution in [0.5, 0.6) is 0 Å². The van der Waals surface area contributed by atoms with Crippen molar-refractivity contribution in [3.63, 3.8) is 0 Å². The van der Waals surface area contributed by atoms with Gasteiger partial charge in [-0.05, 0) is 18.6 Å². The zero-order chi connectivity index (χ0) is 21.2. The Balaban J connectivity index is 2.01. The molecule has 0 aliphatic rings. The Morgan fingerprint density at radius 1 is 0.793 bits per heavy atom. The molecule has 1 amide bonds. The second kappa shape index (κ2) is 17.5. The summed E-state index contributed by atoms with van der Waals surface area (Å²) in [5.74, 6) is -1.09. The number of carbonyl (C=O) groups excluding carboxylic acids is 1. The molecular formula is C24H42BNO3. The summed E-state index contributed by atoms with van der Waals surface area (Å²) in [5.41, 5.74) is 0.684. The third-order valence-electron chi connectivity index (χ3n) is 5.61. The van der Waals surface area contributed by atoms with Gasteiger partial charge in [0.1, 0.15) is 0 Å². The van der Waals surface area contributed by atoms with Crippen LogP contribution >= 0.6 is 0 Å². The van der Waals surface area contributed by atoms with Crippen molar-refractivity contribution in [2.24, 2.45) is 0 Å². The van der Waals surface area contributed by atoms with Gasteiger partial charge < -0.3 is 15.4 Å². The molecular weight excluding hydrogens is 361 g/mol. The Hall–Kier alpha value is -1.33. The van der Waals surface area contributed by atoms with Gasteiger partial charge in [0, 0.05) is 5.69 Å². The number of carbonyl (C=O) groups is 1. The number of hydrogen-bond acceptors (Lipinski definition) is 3. The van der Waals surface area contributed by atoms with Gasteiger partial charge in [0.15, 0.2) is 0 Å². The molecule has 3 N–H and O–H groups in total. The van der Waals surface area contributed by atoms with Crippen LogP contribution in [-0.2, 0) is 4.79 Å². The van der Waals surface area contributed by atoms with Crippen LogP contribution in [0.2, 0.25) is 5.82 Å². The molecule has 0 fully saturated rings. The van der Waals surface area contributed by atoms with E-state index in [0.717, 1.165) is 19.3 Å². The fraction of sp³-hybridized carbons (Fsp3) is 0.708. The molecule has 1 aromatic rings. The molecule has 0 saturated heterocycles. The van der Waals surface area contributed by atoms with E-state index >= 15 is 0 Å². The highest BCUT2D eigenvalue weighted by atomic mass is 16.4. The van der Waals surface area contributed by atoms with Crippen molar-refractivity contribution in [1.82, 2.24) is 0 Å². The van der Waals surface area contributed by atoms with Crippen molar-refractivity contribution in [1.29, 1.82) is 0 Å². The molecule has 1 aromatic carbocycles. The summed E-state index contributed by atoms with van der Waals surface area (Å²) in [7, 11) is -1.61. The quantitative estimate of drug-likeness (QED) is 0.198. The molecule has 4 nitrogen and oxygen atoms in total. The highest BCUT2D eigenvalue weighted by molar-refractivity contribution is 6.49. The number of rotatable bonds is 18. The first-order valence-corrected chi connectivity index (χ1v) is 11.9. The Morgan fingerprint density at radius 2 is 1.24 bits per heavy atom. The molecule has 0 saturated carbocycles. The predicted octanol–water partition coefficient (Wildman–Crippen LogP) is 6.34. The van der Waals surface area contributed by atoms with Gasteiger partial charge in [0.25, 0.3) is 0 Å². The molecule has 0 spiro atoms. The van der Waals surface area contributed by atoms with E-state index in [-0.39, 0.29) is 5.91 Å². The molecule has 29 heavy (non-hydrogen) atoms. The van der Waals surface area contributed by atoms with Crippen LogP contribution in [0.4, 0.5) is 5.69 Å². The van der Waals surface area contributed by atoms with E-state index in [0.29, 0.717) is 12.1 Å². The average Bonchev–Trinajstić information content (AvgIpc) is 2.71. The van der Waals surface area contributed by atoms with Gasteiger partial charge in [-0.3, -0.25) is 4.79 Å². The number of anilines is 1. The van der Waals surface area contributed by atoms with Crippen LogP contribution < -0.4 is 5.32 Å². The summed E-state index contributed by atoms with van der Waals surface area (Å²) in [6, 6.07) is 9.15. The first-order chi connectivity index (χ1) is 14.1. The highest BCUT2D eigenvalue weighted by Gasteiger charge is 2.30. The lowest BCUT2D eigenvalue weighted by molar-refractivity contribution is -0.116. The zero-order valence-corrected chi connectivity index (χ0v) is 18.5. The molecule has 1 unspecified atom stereocenters. The molecule has 0 radical (unpaired) electrons. The van der Waals surface area contributed by atoms with Crippen LogP contribution in [0.3, 0.4) is 0 Å². The van der Waals surface area contributed by atoms with E-state index in [9.17, 15) is 14.8 Å². The summed E-state index contributed by atoms with van der Waals surface area (Å²) in [4.78, 5) is 12.3. The number of nitrogens with one attached hydrogen (secondary N) is 1. The third-order valence-corrected chi connectivity index (χ3v) is 5.61. The van der Waals surface area contributed by atoms with E-state index < -0.39 is 12.9 Å². The minimum atomic E-state index is -1.61. The van der Waals surface area contributed by atoms with E-state index in [1.54, 1.807) is 12.1 Å². The van der Waals surface area contributed by atoms with Crippen molar-refractivity contribution in [3.8, 4) is 0 Å². The summed E-state index contributed by atoms with van der Waals surface area (Å²) < 4.78 is 0. The lowest BCUT2D eigenvalue weighted by atomic mass is 9.69. The SMILES string of the molecule is CCCCCCCCCCCCCCCCC(B(O)O)C(=O)Nc1ccccc1. The van der Waals surface area contributed by atoms with E-state index in [1.807, 2.05) is 18.2 Å². The fourth-order valence-electron chi connectivity index (χ4n) is 3.73. The van der Waals surface area contributed by atoms with Gasteiger partial charge in [-0.15, -0.1) is 0 Å². The predicted molar refractivity (Wildman–Crippen MR) is 124 cm³/mol. The van der Waals surface area contributed by atoms with Crippen molar-refractivity contribution in [2.45, 2.75) is 109 Å². The van der Waals surface area contributed by atoms with Crippen LogP contribution in [0.15, 0.2) is 30.3 Å². The van der Waals surface area contributed by atoms with Gasteiger partial charge in [-0.25, -0.2) is 0 Å². The van der Waals surface area contributed by atoms with Crippen LogP contribution in [0.25, 0.3) is 0 Å². The molecule has 0 aliphatic heterocycles. The van der Waals surface area contributed by atoms with Gasteiger partial charge in [-0.1, -0.05) is 115 Å². The Morgan fingerprint density at radius 3 is 1.69 bits per heavy atom. The number of amides is 1. The second-order valence-corrected chi connectivity index (χ2v) is 8.26. The van der Waals surface area contributed by atoms with E-state index in [1.165, 1.54) is 70.6 Å². The Labute approximate surface area is 178 Å². The van der Waals surface area contributed by atoms with Gasteiger partial charge >= 0.3 is 7.12 Å². The maximum absolute atomic E-state index is 12.3. The fourth-order valence-corrected chi connectivity index (χ4v) is 3.73. The average molecular weight is 403 g/mol. The van der Waals surface area contributed by atoms with Crippen LogP contribution in [0, 0.1) is 0 Å². The maximum atomic E-state index is 12.3. The van der Waals surface area contributed by atoms with E-state index in [2.05, 4.69) is 12.2 Å². The third kappa shape index (κ3) is 13.5. The van der Waals surface area contributed by atoms with Crippen molar-refractivity contribution >= 4 is 18.7 Å². The largest absolute Gasteiger partial charge is 0.464 e. The first-order valence-electron chi connectivity index (χ1n) is 11.9. The van der Waals surface area contributed by atoms with E-state index in [4.69, 9.17) is 0 Å². The Kier molecular flexibility index (Phi) is 15.5. The molecule has 0 aliphatic carbocycles. The summed E-state index contributed by atoms with van der Waals surface area (Å²) >= 11 is 0. The van der Waals surface area contributed by atoms with Gasteiger partial charge in [-0.2, -0.15) is 0 Å². The van der Waals surface area contributed by atoms with Crippen molar-refractivity contribution in [2.75, 3.05) is 5.32 Å². The van der Waals surface area contributed by atoms with Crippen LogP contribution in [-0.4, -0.2) is 23.1 Å². The smallest absolute Gasteiger partial charge is 0.427 e. The molecule has 0 bridgehead atoms. The molecule has 0 heterocycles. The number of benzene rings is 1. The topological polar surface area (TPSA) is 69.6 Å². The number of unbranched alkanes of at least 4 members (excludes halogenated alkanes) is 13. The standard InChI is InChI=1S/C24H42BNO3/c1-2-3-4-5-6-7-8-9-10-11-12-13-14-18-21-23(25(28)29)24(27)26-22-19-16-15-17-20-22/h15-17,19-20,23,28-29H,2-14,18,21H2,1H3,(H,26,27). The minimum Gasteiger partial charge on any atom is -0.427 e. The maximum Gasteiger partial charge on any atom is 0.464 e. The summed E-state index contributed by atoms with van der Waals surface area (Å²) in [5, 5.41) is 21.9. The lowest BCUT2D eigenvalue weighted by Gasteiger charge is -2.15. The second-order valence-electron chi connectivity index (χ2n) is 8.26. The summed E-state index contributed by atoms with van der Waals surface area (Å²) in [6.45, 7) is 2.26. The monoisotopic (exact) mass is 403 g/mol. The normalized spacial score (nSPS) is 12.0. The van der Waals surface area contributed by atoms with Crippen molar-refractivity contribution < 1.29 is 14.8 Å². The molecule has 1 rings (SSSR count). The minimum absolute atomic E-state index is 0.319. The lowest BCUT2D eigenvalue weighted by Crippen LogP contribution is -2.31. The first kappa shape index (κ1) is 25.7. The molecule has 5 heteroatoms. The highest BCUT2D eigenvalue weighted by Crippen LogP contribution is 2.21. The zero-order valence-electron chi connectivity index (χ0n) is 18.5.